The molecule has 1 aromatic carbocycles. The summed E-state index contributed by atoms with van der Waals surface area (Å²) < 4.78 is 5.40. The van der Waals surface area contributed by atoms with Gasteiger partial charge in [-0.1, -0.05) is 38.1 Å². The first-order valence-electron chi connectivity index (χ1n) is 7.56. The molecule has 0 bridgehead atoms. The van der Waals surface area contributed by atoms with E-state index < -0.39 is 0 Å². The molecule has 0 aromatic heterocycles. The standard InChI is InChI=1S/C17H24N2O/c1-17(2)14-19(8-7-18-9-11-20-12-10-18)13-15-5-3-4-6-16(15)17/h3-6H,7-12,14H2,1-2H3. The fourth-order valence-corrected chi connectivity index (χ4v) is 3.16. The molecular formula is C17H24N2O. The molecule has 3 nitrogen and oxygen atoms in total. The van der Waals surface area contributed by atoms with E-state index in [9.17, 15) is 0 Å². The first kappa shape index (κ1) is 14.1. The Morgan fingerprint density at radius 1 is 1.15 bits per heavy atom. The Morgan fingerprint density at radius 2 is 1.90 bits per heavy atom. The maximum Gasteiger partial charge on any atom is 0.0966 e. The zero-order chi connectivity index (χ0) is 14.0. The second-order valence-corrected chi connectivity index (χ2v) is 6.42. The molecule has 0 atom stereocenters. The number of fused-ring (bicyclic) bond motifs is 1. The van der Waals surface area contributed by atoms with Crippen molar-refractivity contribution >= 4 is 0 Å². The number of hydrogen-bond donors (Lipinski definition) is 0. The lowest BCUT2D eigenvalue weighted by atomic mass is 9.78. The lowest BCUT2D eigenvalue weighted by Gasteiger charge is -2.40. The summed E-state index contributed by atoms with van der Waals surface area (Å²) >= 11 is 0. The van der Waals surface area contributed by atoms with Crippen molar-refractivity contribution in [1.29, 1.82) is 0 Å². The van der Waals surface area contributed by atoms with Crippen LogP contribution in [0.1, 0.15) is 25.0 Å². The van der Waals surface area contributed by atoms with Crippen LogP contribution in [-0.4, -0.2) is 55.7 Å². The minimum absolute atomic E-state index is 0.201. The van der Waals surface area contributed by atoms with Crippen molar-refractivity contribution in [2.45, 2.75) is 19.3 Å². The van der Waals surface area contributed by atoms with Crippen molar-refractivity contribution in [3.8, 4) is 0 Å². The van der Waals surface area contributed by atoms with Gasteiger partial charge in [0.05, 0.1) is 19.8 Å². The van der Waals surface area contributed by atoms with Gasteiger partial charge < -0.3 is 4.74 Å². The third-order valence-electron chi connectivity index (χ3n) is 4.31. The van der Waals surface area contributed by atoms with Crippen molar-refractivity contribution in [3.63, 3.8) is 0 Å². The highest BCUT2D eigenvalue weighted by molar-refractivity contribution is 5.40. The summed E-state index contributed by atoms with van der Waals surface area (Å²) in [6.07, 6.45) is 0. The molecule has 1 fully saturated rings. The van der Waals surface area contributed by atoms with Crippen molar-refractivity contribution in [2.24, 2.45) is 0 Å². The largest absolute Gasteiger partial charge is 0.379 e. The Bertz CT molecular complexity index is 452. The first-order valence-corrected chi connectivity index (χ1v) is 7.56. The van der Waals surface area contributed by atoms with E-state index in [-0.39, 0.29) is 5.41 Å². The van der Waals surface area contributed by atoms with Gasteiger partial charge in [-0.2, -0.15) is 0 Å². The van der Waals surface area contributed by atoms with E-state index in [0.29, 0.717) is 0 Å². The van der Waals surface area contributed by atoms with Crippen LogP contribution in [0.2, 0.25) is 0 Å². The molecule has 108 valence electrons. The average molecular weight is 272 g/mol. The van der Waals surface area contributed by atoms with Crippen LogP contribution in [0.4, 0.5) is 0 Å². The Kier molecular flexibility index (Phi) is 4.11. The van der Waals surface area contributed by atoms with Gasteiger partial charge in [0.2, 0.25) is 0 Å². The van der Waals surface area contributed by atoms with Crippen LogP contribution in [0.3, 0.4) is 0 Å². The van der Waals surface area contributed by atoms with E-state index in [1.165, 1.54) is 11.1 Å². The van der Waals surface area contributed by atoms with Gasteiger partial charge in [-0.3, -0.25) is 9.80 Å². The molecule has 3 rings (SSSR count). The minimum atomic E-state index is 0.201. The van der Waals surface area contributed by atoms with Crippen LogP contribution in [-0.2, 0) is 10.2 Å². The summed E-state index contributed by atoms with van der Waals surface area (Å²) in [5, 5.41) is 0. The Balaban J connectivity index is 1.62. The Labute approximate surface area is 122 Å². The van der Waals surface area contributed by atoms with Gasteiger partial charge in [-0.05, 0) is 11.1 Å². The van der Waals surface area contributed by atoms with Gasteiger partial charge in [-0.15, -0.1) is 0 Å². The van der Waals surface area contributed by atoms with E-state index in [0.717, 1.165) is 45.9 Å². The topological polar surface area (TPSA) is 15.7 Å². The van der Waals surface area contributed by atoms with Crippen LogP contribution in [0, 0.1) is 6.54 Å². The van der Waals surface area contributed by atoms with Crippen LogP contribution in [0.5, 0.6) is 0 Å². The molecule has 3 heteroatoms. The monoisotopic (exact) mass is 272 g/mol. The fourth-order valence-electron chi connectivity index (χ4n) is 3.16. The molecule has 1 aromatic rings. The molecule has 2 radical (unpaired) electrons. The minimum Gasteiger partial charge on any atom is -0.379 e. The third-order valence-corrected chi connectivity index (χ3v) is 4.31. The third kappa shape index (κ3) is 3.05. The van der Waals surface area contributed by atoms with E-state index in [1.54, 1.807) is 0 Å². The molecular weight excluding hydrogens is 248 g/mol. The fraction of sp³-hybridized carbons (Fsp3) is 0.588. The molecule has 20 heavy (non-hydrogen) atoms. The molecule has 0 spiro atoms. The van der Waals surface area contributed by atoms with E-state index in [1.807, 2.05) is 0 Å². The Morgan fingerprint density at radius 3 is 2.70 bits per heavy atom. The van der Waals surface area contributed by atoms with Crippen LogP contribution in [0.25, 0.3) is 0 Å². The first-order chi connectivity index (χ1) is 9.65. The molecule has 2 aliphatic rings. The molecule has 2 heterocycles. The average Bonchev–Trinajstić information content (AvgIpc) is 2.46. The van der Waals surface area contributed by atoms with Crippen LogP contribution >= 0.6 is 0 Å². The van der Waals surface area contributed by atoms with Gasteiger partial charge in [0.25, 0.3) is 0 Å². The summed E-state index contributed by atoms with van der Waals surface area (Å²) in [7, 11) is 0. The zero-order valence-corrected chi connectivity index (χ0v) is 12.6. The molecule has 0 unspecified atom stereocenters. The smallest absolute Gasteiger partial charge is 0.0966 e. The maximum absolute atomic E-state index is 5.40. The quantitative estimate of drug-likeness (QED) is 0.837. The number of hydrogen-bond acceptors (Lipinski definition) is 3. The number of benzene rings is 1. The van der Waals surface area contributed by atoms with Gasteiger partial charge >= 0.3 is 0 Å². The molecule has 0 amide bonds. The number of morpholine rings is 1. The molecule has 2 aliphatic heterocycles. The highest BCUT2D eigenvalue weighted by Gasteiger charge is 2.31. The second-order valence-electron chi connectivity index (χ2n) is 6.42. The normalized spacial score (nSPS) is 23.5. The van der Waals surface area contributed by atoms with Crippen molar-refractivity contribution < 1.29 is 4.74 Å². The van der Waals surface area contributed by atoms with Gasteiger partial charge in [0, 0.05) is 38.1 Å². The SMILES string of the molecule is CC1(C)CN(CCN2CCOCC2)[C]c2ccccc21. The van der Waals surface area contributed by atoms with E-state index in [2.05, 4.69) is 54.5 Å². The van der Waals surface area contributed by atoms with E-state index in [4.69, 9.17) is 4.74 Å². The van der Waals surface area contributed by atoms with Gasteiger partial charge in [0.15, 0.2) is 0 Å². The summed E-state index contributed by atoms with van der Waals surface area (Å²) in [5.74, 6) is 0. The predicted molar refractivity (Wildman–Crippen MR) is 80.6 cm³/mol. The second kappa shape index (κ2) is 5.84. The number of nitrogens with zero attached hydrogens (tertiary/aromatic N) is 2. The van der Waals surface area contributed by atoms with Crippen molar-refractivity contribution in [2.75, 3.05) is 45.9 Å². The molecule has 0 saturated carbocycles. The predicted octanol–water partition coefficient (Wildman–Crippen LogP) is 2.00. The van der Waals surface area contributed by atoms with Crippen LogP contribution < -0.4 is 0 Å². The number of ether oxygens (including phenoxy) is 1. The zero-order valence-electron chi connectivity index (χ0n) is 12.6. The molecule has 0 N–H and O–H groups in total. The van der Waals surface area contributed by atoms with Gasteiger partial charge in [-0.25, -0.2) is 0 Å². The highest BCUT2D eigenvalue weighted by Crippen LogP contribution is 2.33. The van der Waals surface area contributed by atoms with Crippen molar-refractivity contribution in [1.82, 2.24) is 9.80 Å². The number of rotatable bonds is 3. The van der Waals surface area contributed by atoms with Crippen molar-refractivity contribution in [3.05, 3.63) is 41.9 Å². The molecule has 0 aliphatic carbocycles. The summed E-state index contributed by atoms with van der Waals surface area (Å²) in [6.45, 7) is 15.3. The molecule has 1 saturated heterocycles. The summed E-state index contributed by atoms with van der Waals surface area (Å²) in [4.78, 5) is 4.84. The van der Waals surface area contributed by atoms with Crippen LogP contribution in [0.15, 0.2) is 24.3 Å². The van der Waals surface area contributed by atoms with Gasteiger partial charge in [0.1, 0.15) is 0 Å². The highest BCUT2D eigenvalue weighted by atomic mass is 16.5. The van der Waals surface area contributed by atoms with E-state index >= 15 is 0 Å². The lowest BCUT2D eigenvalue weighted by Crippen LogP contribution is -2.46. The summed E-state index contributed by atoms with van der Waals surface area (Å²) in [5.41, 5.74) is 2.88. The maximum atomic E-state index is 5.40. The lowest BCUT2D eigenvalue weighted by molar-refractivity contribution is 0.0338. The Hall–Kier alpha value is -0.900. The summed E-state index contributed by atoms with van der Waals surface area (Å²) in [6, 6.07) is 8.65.